The first-order chi connectivity index (χ1) is 27.4. The molecule has 0 amide bonds. The van der Waals surface area contributed by atoms with Crippen LogP contribution in [0.4, 0.5) is 23.3 Å². The Morgan fingerprint density at radius 2 is 1.16 bits per heavy atom. The van der Waals surface area contributed by atoms with Crippen molar-refractivity contribution in [1.82, 2.24) is 34.1 Å². The van der Waals surface area contributed by atoms with Gasteiger partial charge in [0, 0.05) is 14.1 Å². The first-order valence-electron chi connectivity index (χ1n) is 17.2. The number of aromatic nitrogens is 7. The number of imidazole rings is 2. The van der Waals surface area contributed by atoms with E-state index in [1.54, 1.807) is 67.2 Å². The summed E-state index contributed by atoms with van der Waals surface area (Å²) in [6.45, 7) is 3.73. The lowest BCUT2D eigenvalue weighted by atomic mass is 10.0. The summed E-state index contributed by atoms with van der Waals surface area (Å²) in [6.07, 6.45) is 3.55. The molecule has 0 atom stereocenters. The molecule has 13 nitrogen and oxygen atoms in total. The van der Waals surface area contributed by atoms with E-state index >= 15 is 0 Å². The molecule has 0 spiro atoms. The van der Waals surface area contributed by atoms with Gasteiger partial charge < -0.3 is 34.2 Å². The molecule has 0 saturated carbocycles. The largest absolute Gasteiger partial charge is 0.442 e. The number of carbonyl (C=O) groups is 1. The molecule has 0 aliphatic heterocycles. The van der Waals surface area contributed by atoms with Crippen LogP contribution in [0.25, 0.3) is 55.1 Å². The molecule has 294 valence electrons. The number of anilines is 4. The van der Waals surface area contributed by atoms with Gasteiger partial charge in [-0.05, 0) is 72.1 Å². The summed E-state index contributed by atoms with van der Waals surface area (Å²) in [4.78, 5) is 55.6. The lowest BCUT2D eigenvalue weighted by Gasteiger charge is -2.11. The molecule has 9 aromatic rings. The van der Waals surface area contributed by atoms with E-state index in [0.29, 0.717) is 105 Å². The predicted molar refractivity (Wildman–Crippen MR) is 234 cm³/mol. The maximum atomic E-state index is 13.1. The molecular weight excluding hydrogens is 824 g/mol. The van der Waals surface area contributed by atoms with E-state index in [1.165, 1.54) is 6.39 Å². The number of nitrogens with one attached hydrogen (secondary N) is 4. The molecule has 0 unspecified atom stereocenters. The first kappa shape index (κ1) is 40.1. The van der Waals surface area contributed by atoms with Gasteiger partial charge in [-0.15, -0.1) is 0 Å². The Bertz CT molecular complexity index is 3160. The van der Waals surface area contributed by atoms with Crippen molar-refractivity contribution in [2.75, 3.05) is 10.6 Å². The van der Waals surface area contributed by atoms with Gasteiger partial charge in [0.05, 0.1) is 81.9 Å². The molecule has 0 aliphatic carbocycles. The highest BCUT2D eigenvalue weighted by Crippen LogP contribution is 2.37. The fourth-order valence-electron chi connectivity index (χ4n) is 6.91. The Labute approximate surface area is 349 Å². The monoisotopic (exact) mass is 855 g/mol. The molecule has 0 saturated heterocycles. The number of aldehydes is 1. The summed E-state index contributed by atoms with van der Waals surface area (Å²) in [5, 5.41) is 10.7. The third kappa shape index (κ3) is 6.75. The molecule has 5 aromatic heterocycles. The Kier molecular flexibility index (Phi) is 10.8. The average Bonchev–Trinajstić information content (AvgIpc) is 3.92. The van der Waals surface area contributed by atoms with Crippen molar-refractivity contribution in [3.63, 3.8) is 0 Å². The number of rotatable bonds is 6. The molecule has 0 radical (unpaired) electrons. The number of fused-ring (bicyclic) bond motifs is 6. The number of benzene rings is 4. The quantitative estimate of drug-likeness (QED) is 0.119. The zero-order valence-corrected chi connectivity index (χ0v) is 33.4. The predicted octanol–water partition coefficient (Wildman–Crippen LogP) is 10.7. The fraction of sp³-hybridized carbons (Fsp3) is 0.122. The summed E-state index contributed by atoms with van der Waals surface area (Å²) in [7, 11) is 3.63. The summed E-state index contributed by atoms with van der Waals surface area (Å²) in [5.41, 5.74) is 5.66. The normalized spacial score (nSPS) is 11.2. The molecule has 5 heterocycles. The zero-order valence-electron chi connectivity index (χ0n) is 30.4. The molecule has 0 bridgehead atoms. The van der Waals surface area contributed by atoms with Crippen molar-refractivity contribution >= 4 is 120 Å². The van der Waals surface area contributed by atoms with Crippen molar-refractivity contribution in [2.24, 2.45) is 14.1 Å². The number of nitrogens with zero attached hydrogens (tertiary/aromatic N) is 5. The lowest BCUT2D eigenvalue weighted by molar-refractivity contribution is 0.111. The van der Waals surface area contributed by atoms with Crippen molar-refractivity contribution in [3.8, 4) is 11.5 Å². The van der Waals surface area contributed by atoms with Gasteiger partial charge in [0.2, 0.25) is 11.9 Å². The van der Waals surface area contributed by atoms with E-state index in [-0.39, 0.29) is 24.2 Å². The first-order valence-corrected chi connectivity index (χ1v) is 18.7. The topological polar surface area (TPSA) is 169 Å². The molecule has 0 fully saturated rings. The van der Waals surface area contributed by atoms with Crippen molar-refractivity contribution < 1.29 is 9.21 Å². The van der Waals surface area contributed by atoms with Crippen molar-refractivity contribution in [1.29, 1.82) is 0 Å². The maximum Gasteiger partial charge on any atom is 0.258 e. The van der Waals surface area contributed by atoms with E-state index in [4.69, 9.17) is 50.8 Å². The minimum Gasteiger partial charge on any atom is -0.442 e. The van der Waals surface area contributed by atoms with Crippen LogP contribution in [0.2, 0.25) is 20.1 Å². The van der Waals surface area contributed by atoms with E-state index < -0.39 is 0 Å². The molecular formula is C41H33Cl4N9O4. The molecule has 4 aromatic carbocycles. The number of H-pyrrole nitrogens is 2. The van der Waals surface area contributed by atoms with Crippen LogP contribution in [0, 0.1) is 13.8 Å². The Morgan fingerprint density at radius 1 is 0.690 bits per heavy atom. The number of aromatic amines is 2. The smallest absolute Gasteiger partial charge is 0.258 e. The highest BCUT2D eigenvalue weighted by atomic mass is 35.5. The number of carbonyl (C=O) groups excluding carboxylic acids is 1. The summed E-state index contributed by atoms with van der Waals surface area (Å²) in [5.74, 6) is 1.51. The van der Waals surface area contributed by atoms with E-state index in [2.05, 4.69) is 35.6 Å². The summed E-state index contributed by atoms with van der Waals surface area (Å²) in [6, 6.07) is 17.9. The highest BCUT2D eigenvalue weighted by molar-refractivity contribution is 6.40. The van der Waals surface area contributed by atoms with Crippen LogP contribution in [-0.2, 0) is 14.1 Å². The number of hydrogen-bond acceptors (Lipinski definition) is 9. The van der Waals surface area contributed by atoms with Crippen molar-refractivity contribution in [3.05, 3.63) is 131 Å². The number of oxazole rings is 1. The summed E-state index contributed by atoms with van der Waals surface area (Å²) >= 11 is 25.0. The second-order valence-electron chi connectivity index (χ2n) is 13.1. The van der Waals surface area contributed by atoms with Crippen LogP contribution >= 0.6 is 46.4 Å². The van der Waals surface area contributed by atoms with Crippen molar-refractivity contribution in [2.45, 2.75) is 21.3 Å². The van der Waals surface area contributed by atoms with Gasteiger partial charge in [-0.25, -0.2) is 15.0 Å². The highest BCUT2D eigenvalue weighted by Gasteiger charge is 2.20. The van der Waals surface area contributed by atoms with Gasteiger partial charge in [0.15, 0.2) is 18.4 Å². The number of aryl methyl sites for hydroxylation is 4. The Balaban J connectivity index is 0.000000175. The van der Waals surface area contributed by atoms with Gasteiger partial charge in [-0.1, -0.05) is 78.1 Å². The van der Waals surface area contributed by atoms with Gasteiger partial charge in [-0.3, -0.25) is 14.4 Å². The van der Waals surface area contributed by atoms with E-state index in [9.17, 15) is 14.4 Å². The Morgan fingerprint density at radius 3 is 1.60 bits per heavy atom. The van der Waals surface area contributed by atoms with Crippen LogP contribution in [0.5, 0.6) is 0 Å². The number of hydrogen-bond donors (Lipinski definition) is 4. The van der Waals surface area contributed by atoms with E-state index in [0.717, 1.165) is 10.9 Å². The molecule has 4 N–H and O–H groups in total. The minimum atomic E-state index is -0.339. The van der Waals surface area contributed by atoms with E-state index in [1.807, 2.05) is 36.7 Å². The van der Waals surface area contributed by atoms with Crippen LogP contribution in [0.15, 0.2) is 87.3 Å². The Hall–Kier alpha value is -6.12. The fourth-order valence-corrected chi connectivity index (χ4v) is 7.89. The van der Waals surface area contributed by atoms with Gasteiger partial charge >= 0.3 is 0 Å². The second-order valence-corrected chi connectivity index (χ2v) is 14.7. The standard InChI is InChI=1S/C21H15Cl2N5O2.C19H14Cl2N4O2.CH4/c1-10-11-6-7-14-19(16(11)20(29)26-17(10)15-8-24-9-30-15)28(2)21(25-14)27-18-12(22)4-3-5-13(18)23;1-9-10-6-7-13-17(15(10)18(27)22-14(9)8-26)25(2)19(23-13)24-16-11(20)4-3-5-12(16)21;/h3-9H,1-2H3,(H,25,27)(H,26,29);3-8H,1-2H3,(H,22,27)(H,23,24);1H4. The van der Waals surface area contributed by atoms with Crippen LogP contribution in [-0.4, -0.2) is 40.3 Å². The van der Waals surface area contributed by atoms with Crippen LogP contribution < -0.4 is 21.8 Å². The van der Waals surface area contributed by atoms with Gasteiger partial charge in [0.1, 0.15) is 0 Å². The molecule has 58 heavy (non-hydrogen) atoms. The summed E-state index contributed by atoms with van der Waals surface area (Å²) < 4.78 is 8.96. The lowest BCUT2D eigenvalue weighted by Crippen LogP contribution is -2.12. The van der Waals surface area contributed by atoms with Crippen LogP contribution in [0.3, 0.4) is 0 Å². The van der Waals surface area contributed by atoms with Crippen LogP contribution in [0.1, 0.15) is 29.0 Å². The molecule has 9 rings (SSSR count). The number of para-hydroxylation sites is 2. The minimum absolute atomic E-state index is 0. The molecule has 0 aliphatic rings. The number of pyridine rings is 2. The zero-order chi connectivity index (χ0) is 40.3. The molecule has 17 heteroatoms. The van der Waals surface area contributed by atoms with Gasteiger partial charge in [0.25, 0.3) is 11.1 Å². The maximum absolute atomic E-state index is 13.1. The average molecular weight is 858 g/mol. The van der Waals surface area contributed by atoms with Gasteiger partial charge in [-0.2, -0.15) is 0 Å². The SMILES string of the molecule is C.Cc1c(-c2cnco2)[nH]c(=O)c2c1ccc1nc(Nc3c(Cl)cccc3Cl)n(C)c12.Cc1c(C=O)[nH]c(=O)c2c1ccc1nc(Nc3c(Cl)cccc3Cl)n(C)c12. The second kappa shape index (κ2) is 15.7. The number of halogens is 4. The third-order valence-electron chi connectivity index (χ3n) is 9.80. The third-order valence-corrected chi connectivity index (χ3v) is 11.1.